The van der Waals surface area contributed by atoms with Crippen molar-refractivity contribution >= 4 is 22.9 Å². The van der Waals surface area contributed by atoms with Gasteiger partial charge in [-0.2, -0.15) is 0 Å². The Hall–Kier alpha value is -1.82. The summed E-state index contributed by atoms with van der Waals surface area (Å²) >= 11 is 7.58. The van der Waals surface area contributed by atoms with Gasteiger partial charge in [-0.25, -0.2) is 15.0 Å². The Morgan fingerprint density at radius 3 is 2.83 bits per heavy atom. The summed E-state index contributed by atoms with van der Waals surface area (Å²) in [5.41, 5.74) is 6.39. The Bertz CT molecular complexity index is 802. The molecule has 0 atom stereocenters. The van der Waals surface area contributed by atoms with Gasteiger partial charge in [-0.15, -0.1) is 11.3 Å². The Labute approximate surface area is 143 Å². The molecule has 0 bridgehead atoms. The van der Waals surface area contributed by atoms with Crippen LogP contribution in [-0.4, -0.2) is 26.4 Å². The molecule has 3 aromatic rings. The summed E-state index contributed by atoms with van der Waals surface area (Å²) in [6.45, 7) is 2.78. The number of rotatable bonds is 3. The molecule has 2 aromatic heterocycles. The third-order valence-corrected chi connectivity index (χ3v) is 4.87. The van der Waals surface area contributed by atoms with Crippen LogP contribution in [0.4, 0.5) is 0 Å². The molecule has 0 fully saturated rings. The average molecular weight is 343 g/mol. The van der Waals surface area contributed by atoms with E-state index >= 15 is 0 Å². The van der Waals surface area contributed by atoms with Gasteiger partial charge < -0.3 is 0 Å². The molecule has 3 heterocycles. The minimum atomic E-state index is 0.726. The molecular weight excluding hydrogens is 328 g/mol. The van der Waals surface area contributed by atoms with Crippen molar-refractivity contribution in [3.8, 4) is 11.4 Å². The highest BCUT2D eigenvalue weighted by Crippen LogP contribution is 2.23. The molecule has 1 aromatic carbocycles. The molecule has 0 radical (unpaired) electrons. The van der Waals surface area contributed by atoms with Gasteiger partial charge in [0, 0.05) is 53.8 Å². The zero-order valence-electron chi connectivity index (χ0n) is 12.4. The van der Waals surface area contributed by atoms with Crippen molar-refractivity contribution < 1.29 is 0 Å². The molecule has 1 aliphatic rings. The minimum Gasteiger partial charge on any atom is -0.293 e. The van der Waals surface area contributed by atoms with Crippen LogP contribution >= 0.6 is 22.9 Å². The Balaban J connectivity index is 1.53. The van der Waals surface area contributed by atoms with Crippen molar-refractivity contribution in [2.75, 3.05) is 6.54 Å². The van der Waals surface area contributed by atoms with Crippen LogP contribution in [0.3, 0.4) is 0 Å². The molecule has 4 nitrogen and oxygen atoms in total. The van der Waals surface area contributed by atoms with E-state index in [0.29, 0.717) is 0 Å². The van der Waals surface area contributed by atoms with Crippen LogP contribution in [0.25, 0.3) is 11.4 Å². The summed E-state index contributed by atoms with van der Waals surface area (Å²) in [4.78, 5) is 16.0. The van der Waals surface area contributed by atoms with Crippen LogP contribution in [0.2, 0.25) is 5.02 Å². The van der Waals surface area contributed by atoms with Crippen molar-refractivity contribution in [3.05, 3.63) is 63.3 Å². The van der Waals surface area contributed by atoms with E-state index in [0.717, 1.165) is 53.9 Å². The van der Waals surface area contributed by atoms with E-state index in [-0.39, 0.29) is 0 Å². The van der Waals surface area contributed by atoms with Gasteiger partial charge in [0.25, 0.3) is 0 Å². The lowest BCUT2D eigenvalue weighted by atomic mass is 10.1. The second-order valence-electron chi connectivity index (χ2n) is 5.61. The van der Waals surface area contributed by atoms with Crippen LogP contribution < -0.4 is 0 Å². The topological polar surface area (TPSA) is 41.9 Å². The summed E-state index contributed by atoms with van der Waals surface area (Å²) in [5.74, 6) is 0.772. The maximum absolute atomic E-state index is 5.94. The number of halogens is 1. The fourth-order valence-electron chi connectivity index (χ4n) is 2.79. The first-order chi connectivity index (χ1) is 11.3. The first-order valence-corrected chi connectivity index (χ1v) is 8.80. The lowest BCUT2D eigenvalue weighted by Crippen LogP contribution is -2.31. The Morgan fingerprint density at radius 1 is 1.17 bits per heavy atom. The normalized spacial score (nSPS) is 14.7. The second kappa shape index (κ2) is 6.35. The molecule has 0 unspecified atom stereocenters. The molecule has 0 saturated carbocycles. The second-order valence-corrected chi connectivity index (χ2v) is 6.77. The van der Waals surface area contributed by atoms with Gasteiger partial charge >= 0.3 is 0 Å². The Kier molecular flexibility index (Phi) is 4.08. The van der Waals surface area contributed by atoms with E-state index in [1.807, 2.05) is 36.0 Å². The smallest absolute Gasteiger partial charge is 0.159 e. The first-order valence-electron chi connectivity index (χ1n) is 7.48. The van der Waals surface area contributed by atoms with Crippen LogP contribution in [0, 0.1) is 0 Å². The SMILES string of the molecule is Clc1ccc(-c2ncc3c(n2)CCN(Cc2cscn2)C3)cc1. The number of benzene rings is 1. The molecule has 23 heavy (non-hydrogen) atoms. The quantitative estimate of drug-likeness (QED) is 0.725. The molecule has 116 valence electrons. The third kappa shape index (κ3) is 3.27. The van der Waals surface area contributed by atoms with Crippen molar-refractivity contribution in [2.45, 2.75) is 19.5 Å². The highest BCUT2D eigenvalue weighted by molar-refractivity contribution is 7.07. The van der Waals surface area contributed by atoms with Crippen molar-refractivity contribution in [1.82, 2.24) is 19.9 Å². The predicted molar refractivity (Wildman–Crippen MR) is 92.4 cm³/mol. The van der Waals surface area contributed by atoms with Crippen LogP contribution in [0.5, 0.6) is 0 Å². The monoisotopic (exact) mass is 342 g/mol. The fraction of sp³-hybridized carbons (Fsp3) is 0.235. The summed E-state index contributed by atoms with van der Waals surface area (Å²) in [5, 5.41) is 2.83. The van der Waals surface area contributed by atoms with Crippen molar-refractivity contribution in [3.63, 3.8) is 0 Å². The average Bonchev–Trinajstić information content (AvgIpc) is 3.08. The van der Waals surface area contributed by atoms with Crippen molar-refractivity contribution in [1.29, 1.82) is 0 Å². The van der Waals surface area contributed by atoms with Gasteiger partial charge in [-0.05, 0) is 24.3 Å². The molecule has 0 amide bonds. The first kappa shape index (κ1) is 14.8. The predicted octanol–water partition coefficient (Wildman–Crippen LogP) is 3.81. The zero-order chi connectivity index (χ0) is 15.6. The van der Waals surface area contributed by atoms with Gasteiger partial charge in [0.15, 0.2) is 5.82 Å². The summed E-state index contributed by atoms with van der Waals surface area (Å²) in [6, 6.07) is 7.66. The standard InChI is InChI=1S/C17H15ClN4S/c18-14-3-1-12(2-4-14)17-19-7-13-8-22(6-5-16(13)21-17)9-15-10-23-11-20-15/h1-4,7,10-11H,5-6,8-9H2. The molecule has 0 N–H and O–H groups in total. The van der Waals surface area contributed by atoms with Gasteiger partial charge in [-0.3, -0.25) is 4.90 Å². The van der Waals surface area contributed by atoms with Crippen LogP contribution in [0.1, 0.15) is 17.0 Å². The van der Waals surface area contributed by atoms with Gasteiger partial charge in [0.1, 0.15) is 0 Å². The molecule has 1 aliphatic heterocycles. The lowest BCUT2D eigenvalue weighted by molar-refractivity contribution is 0.240. The number of nitrogens with zero attached hydrogens (tertiary/aromatic N) is 4. The molecule has 0 spiro atoms. The van der Waals surface area contributed by atoms with E-state index in [2.05, 4.69) is 20.2 Å². The van der Waals surface area contributed by atoms with Crippen molar-refractivity contribution in [2.24, 2.45) is 0 Å². The van der Waals surface area contributed by atoms with E-state index in [9.17, 15) is 0 Å². The number of fused-ring (bicyclic) bond motifs is 1. The Morgan fingerprint density at radius 2 is 2.04 bits per heavy atom. The van der Waals surface area contributed by atoms with E-state index in [1.54, 1.807) is 11.3 Å². The summed E-state index contributed by atoms with van der Waals surface area (Å²) in [7, 11) is 0. The van der Waals surface area contributed by atoms with Gasteiger partial charge in [0.2, 0.25) is 0 Å². The zero-order valence-corrected chi connectivity index (χ0v) is 14.0. The van der Waals surface area contributed by atoms with Crippen LogP contribution in [0.15, 0.2) is 41.4 Å². The molecule has 6 heteroatoms. The maximum Gasteiger partial charge on any atom is 0.159 e. The number of thiazole rings is 1. The van der Waals surface area contributed by atoms with E-state index in [1.165, 1.54) is 5.56 Å². The van der Waals surface area contributed by atoms with E-state index < -0.39 is 0 Å². The third-order valence-electron chi connectivity index (χ3n) is 3.98. The molecule has 4 rings (SSSR count). The number of hydrogen-bond donors (Lipinski definition) is 0. The summed E-state index contributed by atoms with van der Waals surface area (Å²) < 4.78 is 0. The molecular formula is C17H15ClN4S. The van der Waals surface area contributed by atoms with Crippen LogP contribution in [-0.2, 0) is 19.5 Å². The fourth-order valence-corrected chi connectivity index (χ4v) is 3.47. The summed E-state index contributed by atoms with van der Waals surface area (Å²) in [6.07, 6.45) is 2.90. The van der Waals surface area contributed by atoms with Gasteiger partial charge in [-0.1, -0.05) is 11.6 Å². The van der Waals surface area contributed by atoms with Gasteiger partial charge in [0.05, 0.1) is 16.9 Å². The molecule has 0 saturated heterocycles. The highest BCUT2D eigenvalue weighted by Gasteiger charge is 2.19. The largest absolute Gasteiger partial charge is 0.293 e. The number of hydrogen-bond acceptors (Lipinski definition) is 5. The highest BCUT2D eigenvalue weighted by atomic mass is 35.5. The minimum absolute atomic E-state index is 0.726. The lowest BCUT2D eigenvalue weighted by Gasteiger charge is -2.27. The van der Waals surface area contributed by atoms with E-state index in [4.69, 9.17) is 16.6 Å². The molecule has 0 aliphatic carbocycles. The number of aromatic nitrogens is 3. The maximum atomic E-state index is 5.94.